The Morgan fingerprint density at radius 1 is 1.07 bits per heavy atom. The highest BCUT2D eigenvalue weighted by molar-refractivity contribution is 5.89. The zero-order valence-electron chi connectivity index (χ0n) is 17.1. The standard InChI is InChI=1S/C24H30O4/c1-15-18-13-14-24(3)20(19(18)9-11-21(15)27-16(2)25)10-12-22(24)28-23(26)17-7-5-4-6-8-17/h4-8,18-20,22H,9-14H2,1-3H3. The van der Waals surface area contributed by atoms with Gasteiger partial charge < -0.3 is 9.47 Å². The van der Waals surface area contributed by atoms with Crippen LogP contribution in [0, 0.1) is 23.2 Å². The third-order valence-electron chi connectivity index (χ3n) is 7.58. The fourth-order valence-corrected chi connectivity index (χ4v) is 6.15. The quantitative estimate of drug-likeness (QED) is 0.667. The van der Waals surface area contributed by atoms with Crippen LogP contribution in [0.4, 0.5) is 0 Å². The van der Waals surface area contributed by atoms with Gasteiger partial charge in [-0.1, -0.05) is 25.1 Å². The Bertz CT molecular complexity index is 796. The van der Waals surface area contributed by atoms with Gasteiger partial charge in [0.25, 0.3) is 0 Å². The fraction of sp³-hybridized carbons (Fsp3) is 0.583. The monoisotopic (exact) mass is 382 g/mol. The van der Waals surface area contributed by atoms with E-state index >= 15 is 0 Å². The normalized spacial score (nSPS) is 34.4. The van der Waals surface area contributed by atoms with E-state index in [0.717, 1.165) is 44.3 Å². The third kappa shape index (κ3) is 3.27. The van der Waals surface area contributed by atoms with Crippen LogP contribution in [0.1, 0.15) is 69.7 Å². The molecule has 5 atom stereocenters. The highest BCUT2D eigenvalue weighted by Gasteiger charge is 2.56. The van der Waals surface area contributed by atoms with Crippen LogP contribution in [0.3, 0.4) is 0 Å². The Kier molecular flexibility index (Phi) is 5.07. The predicted molar refractivity (Wildman–Crippen MR) is 106 cm³/mol. The molecule has 0 spiro atoms. The van der Waals surface area contributed by atoms with Crippen molar-refractivity contribution in [2.24, 2.45) is 23.2 Å². The lowest BCUT2D eigenvalue weighted by Gasteiger charge is -2.50. The minimum Gasteiger partial charge on any atom is -0.458 e. The first kappa shape index (κ1) is 19.2. The molecule has 2 fully saturated rings. The van der Waals surface area contributed by atoms with Crippen molar-refractivity contribution in [1.29, 1.82) is 0 Å². The summed E-state index contributed by atoms with van der Waals surface area (Å²) in [5.41, 5.74) is 1.94. The zero-order valence-corrected chi connectivity index (χ0v) is 17.1. The van der Waals surface area contributed by atoms with E-state index in [9.17, 15) is 9.59 Å². The molecule has 2 saturated carbocycles. The van der Waals surface area contributed by atoms with Gasteiger partial charge >= 0.3 is 11.9 Å². The largest absolute Gasteiger partial charge is 0.458 e. The molecule has 5 unspecified atom stereocenters. The molecule has 0 aromatic heterocycles. The smallest absolute Gasteiger partial charge is 0.338 e. The predicted octanol–water partition coefficient (Wildman–Crippen LogP) is 5.29. The lowest BCUT2D eigenvalue weighted by molar-refractivity contribution is -0.137. The van der Waals surface area contributed by atoms with Crippen molar-refractivity contribution in [3.8, 4) is 0 Å². The van der Waals surface area contributed by atoms with Gasteiger partial charge in [-0.2, -0.15) is 0 Å². The number of carbonyl (C=O) groups is 2. The van der Waals surface area contributed by atoms with E-state index in [-0.39, 0.29) is 23.5 Å². The van der Waals surface area contributed by atoms with E-state index in [1.807, 2.05) is 30.3 Å². The average Bonchev–Trinajstić information content (AvgIpc) is 3.01. The van der Waals surface area contributed by atoms with Crippen molar-refractivity contribution < 1.29 is 19.1 Å². The molecule has 150 valence electrons. The highest BCUT2D eigenvalue weighted by atomic mass is 16.5. The number of rotatable bonds is 3. The number of esters is 2. The summed E-state index contributed by atoms with van der Waals surface area (Å²) in [6, 6.07) is 9.30. The lowest BCUT2D eigenvalue weighted by atomic mass is 9.56. The van der Waals surface area contributed by atoms with E-state index in [2.05, 4.69) is 13.8 Å². The molecule has 0 aliphatic heterocycles. The van der Waals surface area contributed by atoms with Crippen molar-refractivity contribution in [2.45, 2.75) is 65.4 Å². The second-order valence-corrected chi connectivity index (χ2v) is 9.00. The van der Waals surface area contributed by atoms with Crippen LogP contribution < -0.4 is 0 Å². The van der Waals surface area contributed by atoms with Crippen molar-refractivity contribution in [3.05, 3.63) is 47.2 Å². The number of carbonyl (C=O) groups excluding carboxylic acids is 2. The Balaban J connectivity index is 1.50. The molecule has 0 N–H and O–H groups in total. The molecule has 3 aliphatic rings. The minimum absolute atomic E-state index is 0.00897. The van der Waals surface area contributed by atoms with Crippen LogP contribution >= 0.6 is 0 Å². The van der Waals surface area contributed by atoms with Crippen molar-refractivity contribution in [1.82, 2.24) is 0 Å². The average molecular weight is 383 g/mol. The molecule has 4 rings (SSSR count). The first-order chi connectivity index (χ1) is 13.4. The summed E-state index contributed by atoms with van der Waals surface area (Å²) >= 11 is 0. The summed E-state index contributed by atoms with van der Waals surface area (Å²) in [7, 11) is 0. The molecule has 4 nitrogen and oxygen atoms in total. The summed E-state index contributed by atoms with van der Waals surface area (Å²) in [4.78, 5) is 24.0. The van der Waals surface area contributed by atoms with Gasteiger partial charge in [0, 0.05) is 18.8 Å². The zero-order chi connectivity index (χ0) is 19.9. The maximum atomic E-state index is 12.6. The van der Waals surface area contributed by atoms with Gasteiger partial charge in [0.15, 0.2) is 0 Å². The van der Waals surface area contributed by atoms with Gasteiger partial charge in [-0.15, -0.1) is 0 Å². The SMILES string of the molecule is CC(=O)OC1=C(C)C2CCC3(C)C(OC(=O)c4ccccc4)CCC3C2CC1. The molecule has 1 aromatic rings. The number of hydrogen-bond donors (Lipinski definition) is 0. The summed E-state index contributed by atoms with van der Waals surface area (Å²) in [5, 5.41) is 0. The fourth-order valence-electron chi connectivity index (χ4n) is 6.15. The van der Waals surface area contributed by atoms with Crippen LogP contribution in [0.5, 0.6) is 0 Å². The molecular formula is C24H30O4. The molecule has 4 heteroatoms. The molecule has 0 saturated heterocycles. The van der Waals surface area contributed by atoms with Crippen LogP contribution in [0.15, 0.2) is 41.7 Å². The second kappa shape index (κ2) is 7.38. The first-order valence-electron chi connectivity index (χ1n) is 10.5. The Morgan fingerprint density at radius 3 is 2.54 bits per heavy atom. The molecule has 28 heavy (non-hydrogen) atoms. The number of hydrogen-bond acceptors (Lipinski definition) is 4. The number of benzene rings is 1. The number of allylic oxidation sites excluding steroid dienone is 2. The van der Waals surface area contributed by atoms with Gasteiger partial charge in [0.2, 0.25) is 0 Å². The van der Waals surface area contributed by atoms with Gasteiger partial charge in [-0.05, 0) is 74.5 Å². The Labute approximate surface area is 167 Å². The molecule has 0 amide bonds. The van der Waals surface area contributed by atoms with Crippen molar-refractivity contribution in [2.75, 3.05) is 0 Å². The maximum absolute atomic E-state index is 12.6. The van der Waals surface area contributed by atoms with Gasteiger partial charge in [-0.25, -0.2) is 4.79 Å². The lowest BCUT2D eigenvalue weighted by Crippen LogP contribution is -2.46. The van der Waals surface area contributed by atoms with Crippen molar-refractivity contribution >= 4 is 11.9 Å². The van der Waals surface area contributed by atoms with Gasteiger partial charge in [-0.3, -0.25) is 4.79 Å². The van der Waals surface area contributed by atoms with Gasteiger partial charge in [0.05, 0.1) is 5.56 Å². The van der Waals surface area contributed by atoms with E-state index in [4.69, 9.17) is 9.47 Å². The summed E-state index contributed by atoms with van der Waals surface area (Å²) in [5.74, 6) is 2.12. The molecule has 0 radical (unpaired) electrons. The maximum Gasteiger partial charge on any atom is 0.338 e. The van der Waals surface area contributed by atoms with Crippen LogP contribution in [-0.4, -0.2) is 18.0 Å². The third-order valence-corrected chi connectivity index (χ3v) is 7.58. The van der Waals surface area contributed by atoms with E-state index in [1.54, 1.807) is 0 Å². The molecule has 3 aliphatic carbocycles. The molecule has 0 bridgehead atoms. The first-order valence-corrected chi connectivity index (χ1v) is 10.5. The number of ether oxygens (including phenoxy) is 2. The molecule has 0 heterocycles. The highest BCUT2D eigenvalue weighted by Crippen LogP contribution is 2.60. The van der Waals surface area contributed by atoms with E-state index < -0.39 is 0 Å². The summed E-state index contributed by atoms with van der Waals surface area (Å²) < 4.78 is 11.5. The molecule has 1 aromatic carbocycles. The second-order valence-electron chi connectivity index (χ2n) is 9.00. The summed E-state index contributed by atoms with van der Waals surface area (Å²) in [6.07, 6.45) is 6.08. The van der Waals surface area contributed by atoms with Crippen LogP contribution in [-0.2, 0) is 14.3 Å². The van der Waals surface area contributed by atoms with Crippen molar-refractivity contribution in [3.63, 3.8) is 0 Å². The molecular weight excluding hydrogens is 352 g/mol. The minimum atomic E-state index is -0.220. The van der Waals surface area contributed by atoms with Crippen LogP contribution in [0.25, 0.3) is 0 Å². The summed E-state index contributed by atoms with van der Waals surface area (Å²) in [6.45, 7) is 5.94. The van der Waals surface area contributed by atoms with Crippen LogP contribution in [0.2, 0.25) is 0 Å². The van der Waals surface area contributed by atoms with E-state index in [1.165, 1.54) is 12.5 Å². The Morgan fingerprint density at radius 2 is 1.82 bits per heavy atom. The van der Waals surface area contributed by atoms with E-state index in [0.29, 0.717) is 23.3 Å². The Hall–Kier alpha value is -2.10. The van der Waals surface area contributed by atoms with Gasteiger partial charge in [0.1, 0.15) is 11.9 Å². The number of fused-ring (bicyclic) bond motifs is 3. The topological polar surface area (TPSA) is 52.6 Å².